The van der Waals surface area contributed by atoms with Crippen LogP contribution in [0.1, 0.15) is 30.7 Å². The van der Waals surface area contributed by atoms with Crippen molar-refractivity contribution in [2.45, 2.75) is 25.7 Å². The van der Waals surface area contributed by atoms with Crippen LogP contribution in [0.25, 0.3) is 0 Å². The number of nitrogens with one attached hydrogen (secondary N) is 1. The molecule has 0 unspecified atom stereocenters. The number of hydrogen-bond acceptors (Lipinski definition) is 3. The Bertz CT molecular complexity index is 615. The Morgan fingerprint density at radius 1 is 1.21 bits per heavy atom. The summed E-state index contributed by atoms with van der Waals surface area (Å²) in [5.74, 6) is 0.969. The summed E-state index contributed by atoms with van der Waals surface area (Å²) in [7, 11) is 0. The first-order valence-electron chi connectivity index (χ1n) is 6.50. The Morgan fingerprint density at radius 3 is 2.89 bits per heavy atom. The lowest BCUT2D eigenvalue weighted by Crippen LogP contribution is -2.21. The third kappa shape index (κ3) is 2.12. The molecule has 0 bridgehead atoms. The van der Waals surface area contributed by atoms with Gasteiger partial charge in [0.25, 0.3) is 0 Å². The highest BCUT2D eigenvalue weighted by molar-refractivity contribution is 5.52. The van der Waals surface area contributed by atoms with Crippen molar-refractivity contribution in [1.82, 2.24) is 9.97 Å². The molecular weight excluding hydrogens is 234 g/mol. The molecule has 19 heavy (non-hydrogen) atoms. The van der Waals surface area contributed by atoms with E-state index in [1.54, 1.807) is 6.20 Å². The fourth-order valence-electron chi connectivity index (χ4n) is 2.33. The summed E-state index contributed by atoms with van der Waals surface area (Å²) in [6.45, 7) is 4.36. The molecule has 0 radical (unpaired) electrons. The maximum absolute atomic E-state index is 4.77. The van der Waals surface area contributed by atoms with E-state index in [2.05, 4.69) is 48.4 Å². The molecule has 0 saturated carbocycles. The molecule has 0 atom stereocenters. The number of allylic oxidation sites excluding steroid dienone is 1. The topological polar surface area (TPSA) is 37.8 Å². The molecule has 0 aliphatic carbocycles. The molecule has 1 aliphatic heterocycles. The fraction of sp³-hybridized carbons (Fsp3) is 0.250. The van der Waals surface area contributed by atoms with Gasteiger partial charge in [-0.15, -0.1) is 0 Å². The zero-order valence-corrected chi connectivity index (χ0v) is 11.2. The van der Waals surface area contributed by atoms with E-state index in [-0.39, 0.29) is 5.41 Å². The number of pyridine rings is 2. The van der Waals surface area contributed by atoms with Gasteiger partial charge in [-0.25, -0.2) is 4.98 Å². The summed E-state index contributed by atoms with van der Waals surface area (Å²) in [6, 6.07) is 8.34. The van der Waals surface area contributed by atoms with Crippen LogP contribution in [0.2, 0.25) is 0 Å². The smallest absolute Gasteiger partial charge is 0.133 e. The third-order valence-corrected chi connectivity index (χ3v) is 3.68. The first-order valence-corrected chi connectivity index (χ1v) is 6.50. The molecule has 3 heterocycles. The van der Waals surface area contributed by atoms with Crippen molar-refractivity contribution in [3.8, 4) is 0 Å². The molecular formula is C16H17N3. The van der Waals surface area contributed by atoms with Crippen molar-refractivity contribution in [3.05, 3.63) is 65.8 Å². The van der Waals surface area contributed by atoms with Crippen LogP contribution in [0.4, 0.5) is 5.82 Å². The average Bonchev–Trinajstić information content (AvgIpc) is 2.47. The van der Waals surface area contributed by atoms with Gasteiger partial charge in [0.2, 0.25) is 0 Å². The Labute approximate surface area is 113 Å². The highest BCUT2D eigenvalue weighted by Gasteiger charge is 2.25. The minimum atomic E-state index is -0.147. The molecule has 2 aromatic rings. The summed E-state index contributed by atoms with van der Waals surface area (Å²) < 4.78 is 0. The molecule has 0 fully saturated rings. The fourth-order valence-corrected chi connectivity index (χ4v) is 2.33. The largest absolute Gasteiger partial charge is 0.347 e. The van der Waals surface area contributed by atoms with Crippen LogP contribution < -0.4 is 5.32 Å². The predicted octanol–water partition coefficient (Wildman–Crippen LogP) is 3.28. The van der Waals surface area contributed by atoms with Crippen molar-refractivity contribution in [2.75, 3.05) is 5.32 Å². The second-order valence-electron chi connectivity index (χ2n) is 5.32. The summed E-state index contributed by atoms with van der Waals surface area (Å²) in [4.78, 5) is 8.98. The standard InChI is InChI=1S/C16H17N3/c1-16(2,13-6-4-9-17-11-13)14-8-7-12-5-3-10-18-15(12)19-14/h3-4,6-11H,5H2,1-2H3,(H,18,19). The Hall–Kier alpha value is -2.16. The van der Waals surface area contributed by atoms with E-state index < -0.39 is 0 Å². The van der Waals surface area contributed by atoms with Crippen LogP contribution in [0.5, 0.6) is 0 Å². The zero-order chi connectivity index (χ0) is 13.3. The molecule has 3 nitrogen and oxygen atoms in total. The van der Waals surface area contributed by atoms with Crippen molar-refractivity contribution in [3.63, 3.8) is 0 Å². The number of nitrogens with zero attached hydrogens (tertiary/aromatic N) is 2. The van der Waals surface area contributed by atoms with E-state index in [1.165, 1.54) is 11.1 Å². The predicted molar refractivity (Wildman–Crippen MR) is 77.1 cm³/mol. The summed E-state index contributed by atoms with van der Waals surface area (Å²) in [5, 5.41) is 3.22. The lowest BCUT2D eigenvalue weighted by Gasteiger charge is -2.26. The van der Waals surface area contributed by atoms with E-state index in [9.17, 15) is 0 Å². The Kier molecular flexibility index (Phi) is 2.82. The van der Waals surface area contributed by atoms with Crippen molar-refractivity contribution < 1.29 is 0 Å². The van der Waals surface area contributed by atoms with Crippen LogP contribution in [-0.2, 0) is 11.8 Å². The van der Waals surface area contributed by atoms with Crippen LogP contribution in [0.15, 0.2) is 48.9 Å². The lowest BCUT2D eigenvalue weighted by atomic mass is 9.82. The van der Waals surface area contributed by atoms with Crippen LogP contribution >= 0.6 is 0 Å². The van der Waals surface area contributed by atoms with Crippen molar-refractivity contribution >= 4 is 5.82 Å². The maximum Gasteiger partial charge on any atom is 0.133 e. The van der Waals surface area contributed by atoms with Gasteiger partial charge in [-0.3, -0.25) is 4.98 Å². The normalized spacial score (nSPS) is 13.8. The van der Waals surface area contributed by atoms with Gasteiger partial charge in [-0.05, 0) is 35.9 Å². The molecule has 0 aromatic carbocycles. The van der Waals surface area contributed by atoms with Crippen molar-refractivity contribution in [1.29, 1.82) is 0 Å². The van der Waals surface area contributed by atoms with Gasteiger partial charge in [0.05, 0.1) is 5.69 Å². The van der Waals surface area contributed by atoms with E-state index in [1.807, 2.05) is 18.5 Å². The molecule has 0 saturated heterocycles. The van der Waals surface area contributed by atoms with Crippen LogP contribution in [-0.4, -0.2) is 9.97 Å². The number of hydrogen-bond donors (Lipinski definition) is 1. The molecule has 0 amide bonds. The molecule has 96 valence electrons. The monoisotopic (exact) mass is 251 g/mol. The van der Waals surface area contributed by atoms with E-state index >= 15 is 0 Å². The van der Waals surface area contributed by atoms with Gasteiger partial charge >= 0.3 is 0 Å². The van der Waals surface area contributed by atoms with Crippen LogP contribution in [0, 0.1) is 0 Å². The quantitative estimate of drug-likeness (QED) is 0.890. The van der Waals surface area contributed by atoms with Gasteiger partial charge in [0.15, 0.2) is 0 Å². The minimum Gasteiger partial charge on any atom is -0.347 e. The highest BCUT2D eigenvalue weighted by Crippen LogP contribution is 2.31. The first kappa shape index (κ1) is 11.9. The number of aromatic nitrogens is 2. The zero-order valence-electron chi connectivity index (χ0n) is 11.2. The number of fused-ring (bicyclic) bond motifs is 1. The molecule has 3 heteroatoms. The lowest BCUT2D eigenvalue weighted by molar-refractivity contribution is 0.614. The number of rotatable bonds is 2. The molecule has 3 rings (SSSR count). The maximum atomic E-state index is 4.77. The SMILES string of the molecule is CC(C)(c1cccnc1)c1ccc2c(n1)NC=CC2. The van der Waals surface area contributed by atoms with Gasteiger partial charge in [0.1, 0.15) is 5.82 Å². The third-order valence-electron chi connectivity index (χ3n) is 3.68. The van der Waals surface area contributed by atoms with Gasteiger partial charge in [0, 0.05) is 17.8 Å². The Morgan fingerprint density at radius 2 is 2.11 bits per heavy atom. The van der Waals surface area contributed by atoms with Gasteiger partial charge in [-0.2, -0.15) is 0 Å². The van der Waals surface area contributed by atoms with E-state index in [0.29, 0.717) is 0 Å². The molecule has 1 aliphatic rings. The molecule has 0 spiro atoms. The molecule has 1 N–H and O–H groups in total. The highest BCUT2D eigenvalue weighted by atomic mass is 15.0. The second-order valence-corrected chi connectivity index (χ2v) is 5.32. The molecule has 2 aromatic heterocycles. The minimum absolute atomic E-state index is 0.147. The van der Waals surface area contributed by atoms with Gasteiger partial charge in [-0.1, -0.05) is 32.1 Å². The van der Waals surface area contributed by atoms with Crippen molar-refractivity contribution in [2.24, 2.45) is 0 Å². The average molecular weight is 251 g/mol. The van der Waals surface area contributed by atoms with Gasteiger partial charge < -0.3 is 5.32 Å². The summed E-state index contributed by atoms with van der Waals surface area (Å²) in [6.07, 6.45) is 8.72. The Balaban J connectivity index is 2.03. The van der Waals surface area contributed by atoms with Crippen LogP contribution in [0.3, 0.4) is 0 Å². The summed E-state index contributed by atoms with van der Waals surface area (Å²) in [5.41, 5.74) is 3.33. The van der Waals surface area contributed by atoms with E-state index in [0.717, 1.165) is 17.9 Å². The number of anilines is 1. The summed E-state index contributed by atoms with van der Waals surface area (Å²) >= 11 is 0. The second kappa shape index (κ2) is 4.50. The van der Waals surface area contributed by atoms with E-state index in [4.69, 9.17) is 4.98 Å². The first-order chi connectivity index (χ1) is 9.18.